The Morgan fingerprint density at radius 3 is 2.74 bits per heavy atom. The van der Waals surface area contributed by atoms with Crippen LogP contribution in [0.3, 0.4) is 0 Å². The highest BCUT2D eigenvalue weighted by Crippen LogP contribution is 2.46. The smallest absolute Gasteiger partial charge is 0.264 e. The number of nitrogens with zero attached hydrogens (tertiary/aromatic N) is 1. The summed E-state index contributed by atoms with van der Waals surface area (Å²) in [5.41, 5.74) is 3.65. The van der Waals surface area contributed by atoms with Gasteiger partial charge in [0.25, 0.3) is 5.91 Å². The van der Waals surface area contributed by atoms with Crippen molar-refractivity contribution in [1.29, 1.82) is 0 Å². The first-order valence-corrected chi connectivity index (χ1v) is 15.9. The molecule has 2 aromatic rings. The highest BCUT2D eigenvalue weighted by molar-refractivity contribution is 7.90. The van der Waals surface area contributed by atoms with Gasteiger partial charge in [0.05, 0.1) is 18.0 Å². The minimum Gasteiger partial charge on any atom is -0.490 e. The molecular weight excluding hydrogens is 520 g/mol. The van der Waals surface area contributed by atoms with Gasteiger partial charge in [0.15, 0.2) is 0 Å². The molecule has 202 valence electrons. The second-order valence-corrected chi connectivity index (χ2v) is 13.7. The molecule has 1 spiro atoms. The Kier molecular flexibility index (Phi) is 6.93. The summed E-state index contributed by atoms with van der Waals surface area (Å²) >= 11 is 6.37. The summed E-state index contributed by atoms with van der Waals surface area (Å²) in [6, 6.07) is 11.6. The predicted octanol–water partition coefficient (Wildman–Crippen LogP) is 5.64. The van der Waals surface area contributed by atoms with Crippen LogP contribution in [0.25, 0.3) is 0 Å². The lowest BCUT2D eigenvalue weighted by atomic mass is 9.68. The van der Waals surface area contributed by atoms with Crippen molar-refractivity contribution in [2.75, 3.05) is 30.3 Å². The molecule has 3 atom stereocenters. The molecule has 1 amide bonds. The Morgan fingerprint density at radius 2 is 1.89 bits per heavy atom. The van der Waals surface area contributed by atoms with Gasteiger partial charge >= 0.3 is 0 Å². The predicted molar refractivity (Wildman–Crippen MR) is 151 cm³/mol. The molecule has 1 fully saturated rings. The molecule has 8 heteroatoms. The van der Waals surface area contributed by atoms with Crippen molar-refractivity contribution in [2.45, 2.75) is 56.8 Å². The van der Waals surface area contributed by atoms with E-state index in [1.54, 1.807) is 12.1 Å². The van der Waals surface area contributed by atoms with E-state index in [0.29, 0.717) is 24.0 Å². The standard InChI is InChI=1S/C30H35ClN2O4S/c31-25-11-12-26-22(16-25)7-5-14-30(26)19-33-18-24-9-8-21(24)6-3-1-2-4-15-38(35,36)32-29(34)23-10-13-28(37-20-30)27(33)17-23/h2,4,10-13,16-17,21,24H,1,3,5-9,14-15,18-20H2,(H,32,34)/t21-,24+,30+/m1/s1. The topological polar surface area (TPSA) is 75.7 Å². The molecular formula is C30H35ClN2O4S. The number of fused-ring (bicyclic) bond motifs is 4. The summed E-state index contributed by atoms with van der Waals surface area (Å²) in [6.07, 6.45) is 12.2. The Morgan fingerprint density at radius 1 is 1.03 bits per heavy atom. The lowest BCUT2D eigenvalue weighted by molar-refractivity contribution is 0.0981. The third kappa shape index (κ3) is 5.07. The van der Waals surface area contributed by atoms with Crippen LogP contribution in [0.5, 0.6) is 5.75 Å². The number of benzene rings is 2. The van der Waals surface area contributed by atoms with Crippen LogP contribution in [-0.2, 0) is 21.9 Å². The van der Waals surface area contributed by atoms with Crippen molar-refractivity contribution >= 4 is 33.2 Å². The van der Waals surface area contributed by atoms with Gasteiger partial charge < -0.3 is 9.64 Å². The summed E-state index contributed by atoms with van der Waals surface area (Å²) in [4.78, 5) is 15.5. The lowest BCUT2D eigenvalue weighted by Gasteiger charge is -2.44. The lowest BCUT2D eigenvalue weighted by Crippen LogP contribution is -2.48. The fraction of sp³-hybridized carbons (Fsp3) is 0.500. The zero-order valence-corrected chi connectivity index (χ0v) is 23.2. The van der Waals surface area contributed by atoms with Crippen LogP contribution in [-0.4, -0.2) is 39.8 Å². The molecule has 0 unspecified atom stereocenters. The SMILES string of the molecule is O=C1NS(=O)(=O)CC=CCCC[C@@H]2CC[C@H]2CN2C[C@@]3(CCCc4cc(Cl)ccc43)COc3ccc1cc32. The van der Waals surface area contributed by atoms with Gasteiger partial charge in [-0.25, -0.2) is 13.1 Å². The first-order chi connectivity index (χ1) is 18.3. The molecule has 4 aliphatic rings. The number of hydrogen-bond acceptors (Lipinski definition) is 5. The average Bonchev–Trinajstić information content (AvgIpc) is 3.02. The molecule has 0 saturated heterocycles. The van der Waals surface area contributed by atoms with Crippen LogP contribution < -0.4 is 14.4 Å². The van der Waals surface area contributed by atoms with Gasteiger partial charge in [0.2, 0.25) is 10.0 Å². The van der Waals surface area contributed by atoms with Gasteiger partial charge in [-0.1, -0.05) is 29.8 Å². The first-order valence-electron chi connectivity index (χ1n) is 13.8. The molecule has 2 aliphatic carbocycles. The maximum atomic E-state index is 13.0. The minimum atomic E-state index is -3.76. The van der Waals surface area contributed by atoms with Crippen molar-refractivity contribution in [1.82, 2.24) is 4.72 Å². The molecule has 2 bridgehead atoms. The van der Waals surface area contributed by atoms with E-state index in [2.05, 4.69) is 21.8 Å². The summed E-state index contributed by atoms with van der Waals surface area (Å²) < 4.78 is 33.8. The van der Waals surface area contributed by atoms with Crippen LogP contribution in [0.4, 0.5) is 5.69 Å². The molecule has 1 N–H and O–H groups in total. The maximum Gasteiger partial charge on any atom is 0.264 e. The van der Waals surface area contributed by atoms with E-state index in [1.165, 1.54) is 24.0 Å². The van der Waals surface area contributed by atoms with Crippen LogP contribution in [0.1, 0.15) is 66.4 Å². The Labute approximate surface area is 230 Å². The van der Waals surface area contributed by atoms with Crippen LogP contribution in [0.2, 0.25) is 5.02 Å². The molecule has 6 nitrogen and oxygen atoms in total. The molecule has 38 heavy (non-hydrogen) atoms. The Balaban J connectivity index is 1.40. The Hall–Kier alpha value is -2.51. The van der Waals surface area contributed by atoms with Gasteiger partial charge in [-0.15, -0.1) is 0 Å². The second kappa shape index (κ2) is 10.2. The normalized spacial score (nSPS) is 28.8. The third-order valence-corrected chi connectivity index (χ3v) is 10.4. The number of amides is 1. The summed E-state index contributed by atoms with van der Waals surface area (Å²) in [6.45, 7) is 2.26. The van der Waals surface area contributed by atoms with Crippen molar-refractivity contribution in [3.63, 3.8) is 0 Å². The zero-order valence-electron chi connectivity index (χ0n) is 21.6. The summed E-state index contributed by atoms with van der Waals surface area (Å²) in [5.74, 6) is 1.22. The number of allylic oxidation sites excluding steroid dienone is 1. The largest absolute Gasteiger partial charge is 0.490 e. The van der Waals surface area contributed by atoms with Crippen molar-refractivity contribution < 1.29 is 17.9 Å². The number of carbonyl (C=O) groups excluding carboxylic acids is 1. The van der Waals surface area contributed by atoms with E-state index < -0.39 is 15.9 Å². The number of nitrogens with one attached hydrogen (secondary N) is 1. The number of halogens is 1. The zero-order chi connectivity index (χ0) is 26.3. The molecule has 0 aromatic heterocycles. The van der Waals surface area contributed by atoms with Crippen LogP contribution in [0.15, 0.2) is 48.6 Å². The molecule has 2 heterocycles. The quantitative estimate of drug-likeness (QED) is 0.427. The monoisotopic (exact) mass is 554 g/mol. The van der Waals surface area contributed by atoms with E-state index in [-0.39, 0.29) is 11.2 Å². The van der Waals surface area contributed by atoms with Crippen LogP contribution >= 0.6 is 11.6 Å². The second-order valence-electron chi connectivity index (χ2n) is 11.5. The van der Waals surface area contributed by atoms with Crippen LogP contribution in [0, 0.1) is 11.8 Å². The van der Waals surface area contributed by atoms with Crippen molar-refractivity contribution in [3.8, 4) is 5.75 Å². The third-order valence-electron chi connectivity index (χ3n) is 9.01. The van der Waals surface area contributed by atoms with Gasteiger partial charge in [-0.3, -0.25) is 4.79 Å². The van der Waals surface area contributed by atoms with Gasteiger partial charge in [0.1, 0.15) is 5.75 Å². The molecule has 2 aliphatic heterocycles. The molecule has 6 rings (SSSR count). The fourth-order valence-electron chi connectivity index (χ4n) is 6.85. The Bertz CT molecular complexity index is 1370. The minimum absolute atomic E-state index is 0.173. The number of sulfonamides is 1. The molecule has 1 saturated carbocycles. The highest BCUT2D eigenvalue weighted by atomic mass is 35.5. The highest BCUT2D eigenvalue weighted by Gasteiger charge is 2.43. The number of rotatable bonds is 0. The van der Waals surface area contributed by atoms with Crippen molar-refractivity contribution in [3.05, 3.63) is 70.3 Å². The summed E-state index contributed by atoms with van der Waals surface area (Å²) in [7, 11) is -3.76. The van der Waals surface area contributed by atoms with E-state index in [9.17, 15) is 13.2 Å². The van der Waals surface area contributed by atoms with E-state index in [0.717, 1.165) is 68.1 Å². The fourth-order valence-corrected chi connectivity index (χ4v) is 7.92. The molecule has 0 radical (unpaired) electrons. The van der Waals surface area contributed by atoms with Gasteiger partial charge in [-0.05, 0) is 105 Å². The summed E-state index contributed by atoms with van der Waals surface area (Å²) in [5, 5.41) is 0.765. The average molecular weight is 555 g/mol. The maximum absolute atomic E-state index is 13.0. The van der Waals surface area contributed by atoms with Gasteiger partial charge in [-0.2, -0.15) is 0 Å². The van der Waals surface area contributed by atoms with E-state index in [4.69, 9.17) is 16.3 Å². The number of carbonyl (C=O) groups is 1. The number of anilines is 1. The van der Waals surface area contributed by atoms with Gasteiger partial charge in [0, 0.05) is 29.1 Å². The van der Waals surface area contributed by atoms with Crippen molar-refractivity contribution in [2.24, 2.45) is 11.8 Å². The molecule has 2 aromatic carbocycles. The van der Waals surface area contributed by atoms with E-state index in [1.807, 2.05) is 24.3 Å². The number of ether oxygens (including phenoxy) is 1. The first kappa shape index (κ1) is 25.8. The number of aryl methyl sites for hydroxylation is 1. The number of hydrogen-bond donors (Lipinski definition) is 1. The van der Waals surface area contributed by atoms with E-state index >= 15 is 0 Å².